The number of benzene rings is 1. The fourth-order valence-electron chi connectivity index (χ4n) is 1.10. The van der Waals surface area contributed by atoms with Crippen LogP contribution in [-0.4, -0.2) is 11.1 Å². The molecule has 0 unspecified atom stereocenters. The van der Waals surface area contributed by atoms with Gasteiger partial charge < -0.3 is 10.8 Å². The van der Waals surface area contributed by atoms with Gasteiger partial charge in [0.2, 0.25) is 0 Å². The molecule has 1 aromatic carbocycles. The molecule has 0 bridgehead atoms. The third-order valence-electron chi connectivity index (χ3n) is 1.84. The fourth-order valence-corrected chi connectivity index (χ4v) is 1.41. The van der Waals surface area contributed by atoms with Crippen LogP contribution < -0.4 is 5.73 Å². The van der Waals surface area contributed by atoms with Crippen molar-refractivity contribution in [3.05, 3.63) is 34.4 Å². The molecule has 2 atom stereocenters. The predicted octanol–water partition coefficient (Wildman–Crippen LogP) is 2.00. The number of nitrogens with two attached hydrogens (primary N) is 1. The second-order valence-electron chi connectivity index (χ2n) is 3.09. The Morgan fingerprint density at radius 1 is 1.43 bits per heavy atom. The maximum atomic E-state index is 13.2. The van der Waals surface area contributed by atoms with E-state index in [9.17, 15) is 13.9 Å². The second kappa shape index (κ2) is 4.21. The molecule has 0 saturated heterocycles. The van der Waals surface area contributed by atoms with Gasteiger partial charge in [-0.2, -0.15) is 0 Å². The first kappa shape index (κ1) is 11.4. The summed E-state index contributed by atoms with van der Waals surface area (Å²) in [5, 5.41) is 9.32. The maximum absolute atomic E-state index is 13.2. The minimum atomic E-state index is -1.23. The van der Waals surface area contributed by atoms with Crippen molar-refractivity contribution in [3.63, 3.8) is 0 Å². The highest BCUT2D eigenvalue weighted by Gasteiger charge is 2.20. The Morgan fingerprint density at radius 3 is 2.43 bits per heavy atom. The van der Waals surface area contributed by atoms with Crippen molar-refractivity contribution in [2.45, 2.75) is 19.1 Å². The summed E-state index contributed by atoms with van der Waals surface area (Å²) in [6.07, 6.45) is -1.23. The van der Waals surface area contributed by atoms with Crippen molar-refractivity contribution < 1.29 is 13.9 Å². The van der Waals surface area contributed by atoms with Crippen molar-refractivity contribution in [2.24, 2.45) is 5.73 Å². The molecule has 1 aromatic rings. The van der Waals surface area contributed by atoms with E-state index in [-0.39, 0.29) is 10.6 Å². The molecular formula is C9H10ClF2NO. The maximum Gasteiger partial charge on any atom is 0.133 e. The van der Waals surface area contributed by atoms with E-state index in [0.29, 0.717) is 6.07 Å². The van der Waals surface area contributed by atoms with Crippen LogP contribution >= 0.6 is 11.6 Å². The quantitative estimate of drug-likeness (QED) is 0.803. The minimum absolute atomic E-state index is 0.160. The average molecular weight is 222 g/mol. The van der Waals surface area contributed by atoms with E-state index < -0.39 is 23.8 Å². The number of rotatable bonds is 2. The molecule has 0 aliphatic heterocycles. The smallest absolute Gasteiger partial charge is 0.133 e. The Morgan fingerprint density at radius 2 is 2.00 bits per heavy atom. The van der Waals surface area contributed by atoms with Gasteiger partial charge in [0, 0.05) is 17.7 Å². The summed E-state index contributed by atoms with van der Waals surface area (Å²) in [5.74, 6) is -1.67. The summed E-state index contributed by atoms with van der Waals surface area (Å²) in [5.41, 5.74) is 5.21. The van der Waals surface area contributed by atoms with Crippen LogP contribution in [0, 0.1) is 11.6 Å². The molecule has 0 aliphatic rings. The Balaban J connectivity index is 3.20. The molecular weight excluding hydrogens is 212 g/mol. The lowest BCUT2D eigenvalue weighted by Gasteiger charge is -2.16. The molecule has 0 radical (unpaired) electrons. The van der Waals surface area contributed by atoms with Gasteiger partial charge in [0.25, 0.3) is 0 Å². The van der Waals surface area contributed by atoms with Crippen LogP contribution in [-0.2, 0) is 0 Å². The van der Waals surface area contributed by atoms with E-state index >= 15 is 0 Å². The minimum Gasteiger partial charge on any atom is -0.387 e. The largest absolute Gasteiger partial charge is 0.387 e. The second-order valence-corrected chi connectivity index (χ2v) is 3.49. The molecule has 0 fully saturated rings. The number of hydrogen-bond acceptors (Lipinski definition) is 2. The predicted molar refractivity (Wildman–Crippen MR) is 50.0 cm³/mol. The summed E-state index contributed by atoms with van der Waals surface area (Å²) < 4.78 is 25.8. The molecule has 1 rings (SSSR count). The lowest BCUT2D eigenvalue weighted by atomic mass is 10.0. The summed E-state index contributed by atoms with van der Waals surface area (Å²) in [6.45, 7) is 1.50. The molecule has 0 saturated carbocycles. The lowest BCUT2D eigenvalue weighted by molar-refractivity contribution is 0.149. The summed E-state index contributed by atoms with van der Waals surface area (Å²) in [6, 6.07) is 0.922. The van der Waals surface area contributed by atoms with Crippen molar-refractivity contribution >= 4 is 11.6 Å². The monoisotopic (exact) mass is 221 g/mol. The third-order valence-corrected chi connectivity index (χ3v) is 2.15. The number of halogens is 3. The van der Waals surface area contributed by atoms with Gasteiger partial charge >= 0.3 is 0 Å². The van der Waals surface area contributed by atoms with Gasteiger partial charge in [-0.05, 0) is 13.0 Å². The van der Waals surface area contributed by atoms with Gasteiger partial charge in [-0.1, -0.05) is 11.6 Å². The van der Waals surface area contributed by atoms with Gasteiger partial charge in [0.05, 0.1) is 11.1 Å². The summed E-state index contributed by atoms with van der Waals surface area (Å²) in [4.78, 5) is 0. The highest BCUT2D eigenvalue weighted by molar-refractivity contribution is 6.31. The van der Waals surface area contributed by atoms with Crippen LogP contribution in [0.4, 0.5) is 8.78 Å². The van der Waals surface area contributed by atoms with E-state index in [1.54, 1.807) is 0 Å². The first-order valence-electron chi connectivity index (χ1n) is 4.01. The van der Waals surface area contributed by atoms with Crippen molar-refractivity contribution in [2.75, 3.05) is 0 Å². The van der Waals surface area contributed by atoms with Crippen LogP contribution in [0.15, 0.2) is 12.1 Å². The van der Waals surface area contributed by atoms with Crippen LogP contribution in [0.3, 0.4) is 0 Å². The van der Waals surface area contributed by atoms with Gasteiger partial charge in [-0.3, -0.25) is 0 Å². The van der Waals surface area contributed by atoms with E-state index in [1.807, 2.05) is 0 Å². The van der Waals surface area contributed by atoms with E-state index in [4.69, 9.17) is 17.3 Å². The molecule has 0 aromatic heterocycles. The van der Waals surface area contributed by atoms with E-state index in [0.717, 1.165) is 6.07 Å². The zero-order valence-corrected chi connectivity index (χ0v) is 8.22. The fraction of sp³-hybridized carbons (Fsp3) is 0.333. The molecule has 14 heavy (non-hydrogen) atoms. The van der Waals surface area contributed by atoms with Crippen LogP contribution in [0.5, 0.6) is 0 Å². The molecule has 0 heterocycles. The zero-order chi connectivity index (χ0) is 10.9. The van der Waals surface area contributed by atoms with Gasteiger partial charge in [0.1, 0.15) is 11.6 Å². The number of hydrogen-bond donors (Lipinski definition) is 2. The van der Waals surface area contributed by atoms with E-state index in [1.165, 1.54) is 6.92 Å². The van der Waals surface area contributed by atoms with Crippen LogP contribution in [0.1, 0.15) is 18.6 Å². The Labute approximate surface area is 85.3 Å². The molecule has 3 N–H and O–H groups in total. The average Bonchev–Trinajstić information content (AvgIpc) is 2.01. The first-order valence-corrected chi connectivity index (χ1v) is 4.39. The third kappa shape index (κ3) is 2.20. The summed E-state index contributed by atoms with van der Waals surface area (Å²) >= 11 is 5.58. The number of aliphatic hydroxyl groups is 1. The Hall–Kier alpha value is -0.710. The van der Waals surface area contributed by atoms with E-state index in [2.05, 4.69) is 0 Å². The SMILES string of the molecule is C[C@@H](N)[C@@H](O)c1c(F)cc(F)cc1Cl. The van der Waals surface area contributed by atoms with Crippen LogP contribution in [0.2, 0.25) is 5.02 Å². The topological polar surface area (TPSA) is 46.2 Å². The normalized spacial score (nSPS) is 15.3. The Bertz CT molecular complexity index is 321. The van der Waals surface area contributed by atoms with Crippen LogP contribution in [0.25, 0.3) is 0 Å². The lowest BCUT2D eigenvalue weighted by Crippen LogP contribution is -2.25. The van der Waals surface area contributed by atoms with Gasteiger partial charge in [-0.25, -0.2) is 8.78 Å². The van der Waals surface area contributed by atoms with Gasteiger partial charge in [0.15, 0.2) is 0 Å². The van der Waals surface area contributed by atoms with Gasteiger partial charge in [-0.15, -0.1) is 0 Å². The van der Waals surface area contributed by atoms with Crippen molar-refractivity contribution in [3.8, 4) is 0 Å². The molecule has 0 aliphatic carbocycles. The van der Waals surface area contributed by atoms with Crippen molar-refractivity contribution in [1.82, 2.24) is 0 Å². The highest BCUT2D eigenvalue weighted by atomic mass is 35.5. The molecule has 78 valence electrons. The van der Waals surface area contributed by atoms with Crippen molar-refractivity contribution in [1.29, 1.82) is 0 Å². The molecule has 2 nitrogen and oxygen atoms in total. The first-order chi connectivity index (χ1) is 6.43. The molecule has 5 heteroatoms. The Kier molecular flexibility index (Phi) is 3.42. The number of aliphatic hydroxyl groups excluding tert-OH is 1. The molecule has 0 spiro atoms. The zero-order valence-electron chi connectivity index (χ0n) is 7.47. The standard InChI is InChI=1S/C9H10ClF2NO/c1-4(13)9(14)8-6(10)2-5(11)3-7(8)12/h2-4,9,14H,13H2,1H3/t4-,9-/m1/s1. The molecule has 0 amide bonds. The summed E-state index contributed by atoms with van der Waals surface area (Å²) in [7, 11) is 0. The highest BCUT2D eigenvalue weighted by Crippen LogP contribution is 2.28.